The molecule has 2 heterocycles. The van der Waals surface area contributed by atoms with Crippen LogP contribution in [0.1, 0.15) is 32.3 Å². The Morgan fingerprint density at radius 1 is 1.37 bits per heavy atom. The van der Waals surface area contributed by atoms with Gasteiger partial charge in [0.2, 0.25) is 5.91 Å². The number of carbonyl (C=O) groups excluding carboxylic acids is 1. The van der Waals surface area contributed by atoms with Crippen molar-refractivity contribution in [3.63, 3.8) is 0 Å². The molecule has 1 aliphatic heterocycles. The quantitative estimate of drug-likeness (QED) is 0.752. The summed E-state index contributed by atoms with van der Waals surface area (Å²) in [6.07, 6.45) is 5.64. The topological polar surface area (TPSA) is 50.6 Å². The number of aromatic nitrogens is 2. The average molecular weight is 370 g/mol. The van der Waals surface area contributed by atoms with E-state index >= 15 is 0 Å². The van der Waals surface area contributed by atoms with E-state index in [1.165, 1.54) is 5.56 Å². The van der Waals surface area contributed by atoms with Gasteiger partial charge in [-0.1, -0.05) is 6.07 Å². The molecule has 1 aromatic carbocycles. The van der Waals surface area contributed by atoms with Crippen molar-refractivity contribution in [1.29, 1.82) is 0 Å². The molecule has 0 bridgehead atoms. The third-order valence-corrected chi connectivity index (χ3v) is 5.14. The summed E-state index contributed by atoms with van der Waals surface area (Å²) in [6.45, 7) is 6.88. The van der Waals surface area contributed by atoms with E-state index in [1.54, 1.807) is 7.11 Å². The molecule has 6 heteroatoms. The average Bonchev–Trinajstić information content (AvgIpc) is 3.11. The van der Waals surface area contributed by atoms with Crippen LogP contribution in [0, 0.1) is 5.92 Å². The second kappa shape index (κ2) is 8.57. The first kappa shape index (κ1) is 19.4. The van der Waals surface area contributed by atoms with Crippen LogP contribution in [0.2, 0.25) is 0 Å². The summed E-state index contributed by atoms with van der Waals surface area (Å²) in [5.74, 6) is 1.65. The van der Waals surface area contributed by atoms with Gasteiger partial charge in [0.1, 0.15) is 5.75 Å². The first-order chi connectivity index (χ1) is 13.0. The summed E-state index contributed by atoms with van der Waals surface area (Å²) in [5.41, 5.74) is 2.16. The van der Waals surface area contributed by atoms with Gasteiger partial charge in [-0.15, -0.1) is 0 Å². The largest absolute Gasteiger partial charge is 0.497 e. The molecule has 2 aromatic rings. The van der Waals surface area contributed by atoms with E-state index in [2.05, 4.69) is 37.1 Å². The van der Waals surface area contributed by atoms with Crippen LogP contribution in [0.25, 0.3) is 5.69 Å². The van der Waals surface area contributed by atoms with Gasteiger partial charge in [0.25, 0.3) is 0 Å². The minimum Gasteiger partial charge on any atom is -0.497 e. The van der Waals surface area contributed by atoms with Crippen molar-refractivity contribution in [3.05, 3.63) is 42.2 Å². The minimum atomic E-state index is 0.284. The molecule has 1 saturated heterocycles. The maximum absolute atomic E-state index is 12.0. The molecular weight excluding hydrogens is 340 g/mol. The highest BCUT2D eigenvalue weighted by molar-refractivity contribution is 5.77. The Bertz CT molecular complexity index is 771. The zero-order valence-corrected chi connectivity index (χ0v) is 16.8. The Kier molecular flexibility index (Phi) is 6.16. The van der Waals surface area contributed by atoms with Crippen molar-refractivity contribution in [2.75, 3.05) is 27.2 Å². The van der Waals surface area contributed by atoms with Crippen molar-refractivity contribution in [3.8, 4) is 11.4 Å². The van der Waals surface area contributed by atoms with E-state index in [0.29, 0.717) is 18.2 Å². The van der Waals surface area contributed by atoms with E-state index in [9.17, 15) is 4.79 Å². The fraction of sp³-hybridized carbons (Fsp3) is 0.524. The predicted molar refractivity (Wildman–Crippen MR) is 106 cm³/mol. The van der Waals surface area contributed by atoms with E-state index in [-0.39, 0.29) is 6.04 Å². The van der Waals surface area contributed by atoms with E-state index in [1.807, 2.05) is 40.0 Å². The van der Waals surface area contributed by atoms with Crippen molar-refractivity contribution in [1.82, 2.24) is 19.6 Å². The highest BCUT2D eigenvalue weighted by Gasteiger charge is 2.27. The maximum Gasteiger partial charge on any atom is 0.222 e. The number of methoxy groups -OCH3 is 1. The molecule has 0 spiro atoms. The highest BCUT2D eigenvalue weighted by atomic mass is 16.5. The Hall–Kier alpha value is -2.34. The van der Waals surface area contributed by atoms with E-state index in [4.69, 9.17) is 4.74 Å². The van der Waals surface area contributed by atoms with Gasteiger partial charge >= 0.3 is 0 Å². The van der Waals surface area contributed by atoms with Crippen LogP contribution in [-0.2, 0) is 11.3 Å². The summed E-state index contributed by atoms with van der Waals surface area (Å²) in [6, 6.07) is 8.17. The van der Waals surface area contributed by atoms with Gasteiger partial charge < -0.3 is 14.5 Å². The van der Waals surface area contributed by atoms with Crippen molar-refractivity contribution < 1.29 is 9.53 Å². The van der Waals surface area contributed by atoms with Gasteiger partial charge in [-0.25, -0.2) is 4.68 Å². The fourth-order valence-electron chi connectivity index (χ4n) is 3.74. The van der Waals surface area contributed by atoms with Crippen LogP contribution >= 0.6 is 0 Å². The SMILES string of the molecule is COc1cccc(-n2cc(CN(C)CC3CCC(=O)N(C(C)C)C3)cn2)c1. The molecular formula is C21H30N4O2. The standard InChI is InChI=1S/C21H30N4O2/c1-16(2)24-14-17(8-9-21(24)26)12-23(3)13-18-11-22-25(15-18)19-6-5-7-20(10-19)27-4/h5-7,10-11,15-17H,8-9,12-14H2,1-4H3. The van der Waals surface area contributed by atoms with Gasteiger partial charge in [0.05, 0.1) is 19.0 Å². The number of piperidine rings is 1. The Labute approximate surface area is 161 Å². The molecule has 0 saturated carbocycles. The predicted octanol–water partition coefficient (Wildman–Crippen LogP) is 2.96. The van der Waals surface area contributed by atoms with Crippen molar-refractivity contribution >= 4 is 5.91 Å². The molecule has 0 aliphatic carbocycles. The third kappa shape index (κ3) is 4.89. The number of likely N-dealkylation sites (tertiary alicyclic amines) is 1. The number of benzene rings is 1. The molecule has 1 fully saturated rings. The zero-order chi connectivity index (χ0) is 19.4. The molecule has 1 unspecified atom stereocenters. The summed E-state index contributed by atoms with van der Waals surface area (Å²) in [7, 11) is 3.81. The number of nitrogens with zero attached hydrogens (tertiary/aromatic N) is 4. The number of carbonyl (C=O) groups is 1. The minimum absolute atomic E-state index is 0.284. The molecule has 0 radical (unpaired) electrons. The van der Waals surface area contributed by atoms with Crippen LogP contribution in [0.3, 0.4) is 0 Å². The lowest BCUT2D eigenvalue weighted by Gasteiger charge is -2.37. The lowest BCUT2D eigenvalue weighted by Crippen LogP contribution is -2.46. The normalized spacial score (nSPS) is 17.8. The van der Waals surface area contributed by atoms with Gasteiger partial charge in [0, 0.05) is 49.9 Å². The first-order valence-corrected chi connectivity index (χ1v) is 9.62. The van der Waals surface area contributed by atoms with Crippen LogP contribution in [0.4, 0.5) is 0 Å². The first-order valence-electron chi connectivity index (χ1n) is 9.62. The second-order valence-corrected chi connectivity index (χ2v) is 7.74. The van der Waals surface area contributed by atoms with Crippen LogP contribution in [0.15, 0.2) is 36.7 Å². The van der Waals surface area contributed by atoms with Crippen molar-refractivity contribution in [2.45, 2.75) is 39.3 Å². The second-order valence-electron chi connectivity index (χ2n) is 7.74. The van der Waals surface area contributed by atoms with Crippen LogP contribution in [0.5, 0.6) is 5.75 Å². The molecule has 3 rings (SSSR count). The highest BCUT2D eigenvalue weighted by Crippen LogP contribution is 2.21. The number of hydrogen-bond donors (Lipinski definition) is 0. The number of rotatable bonds is 7. The molecule has 6 nitrogen and oxygen atoms in total. The molecule has 1 aromatic heterocycles. The summed E-state index contributed by atoms with van der Waals surface area (Å²) in [4.78, 5) is 16.4. The zero-order valence-electron chi connectivity index (χ0n) is 16.8. The molecule has 27 heavy (non-hydrogen) atoms. The van der Waals surface area contributed by atoms with Crippen molar-refractivity contribution in [2.24, 2.45) is 5.92 Å². The number of hydrogen-bond acceptors (Lipinski definition) is 4. The Balaban J connectivity index is 1.58. The maximum atomic E-state index is 12.0. The molecule has 1 aliphatic rings. The van der Waals surface area contributed by atoms with Gasteiger partial charge in [-0.2, -0.15) is 5.10 Å². The van der Waals surface area contributed by atoms with E-state index < -0.39 is 0 Å². The smallest absolute Gasteiger partial charge is 0.222 e. The fourth-order valence-corrected chi connectivity index (χ4v) is 3.74. The molecule has 1 atom stereocenters. The number of amides is 1. The summed E-state index contributed by atoms with van der Waals surface area (Å²) < 4.78 is 7.17. The third-order valence-electron chi connectivity index (χ3n) is 5.14. The molecule has 0 N–H and O–H groups in total. The number of ether oxygens (including phenoxy) is 1. The van der Waals surface area contributed by atoms with E-state index in [0.717, 1.165) is 37.5 Å². The van der Waals surface area contributed by atoms with Crippen LogP contribution in [-0.4, -0.2) is 58.8 Å². The monoisotopic (exact) mass is 370 g/mol. The lowest BCUT2D eigenvalue weighted by atomic mass is 9.96. The Morgan fingerprint density at radius 2 is 2.19 bits per heavy atom. The lowest BCUT2D eigenvalue weighted by molar-refractivity contribution is -0.136. The van der Waals surface area contributed by atoms with Gasteiger partial charge in [-0.3, -0.25) is 4.79 Å². The Morgan fingerprint density at radius 3 is 2.93 bits per heavy atom. The van der Waals surface area contributed by atoms with Gasteiger partial charge in [0.15, 0.2) is 0 Å². The molecule has 1 amide bonds. The molecule has 146 valence electrons. The summed E-state index contributed by atoms with van der Waals surface area (Å²) in [5, 5.41) is 4.49. The van der Waals surface area contributed by atoms with Crippen LogP contribution < -0.4 is 4.74 Å². The van der Waals surface area contributed by atoms with Gasteiger partial charge in [-0.05, 0) is 45.4 Å². The summed E-state index contributed by atoms with van der Waals surface area (Å²) >= 11 is 0.